The summed E-state index contributed by atoms with van der Waals surface area (Å²) in [6, 6.07) is 9.59. The van der Waals surface area contributed by atoms with Crippen LogP contribution in [0.3, 0.4) is 0 Å². The maximum absolute atomic E-state index is 11.7. The standard InChI is InChI=1S/C22H27N7O2.C2H6/c1-14-12-15(2)29(27-14)22-25-19(13-20(26-22)23-16(3)30)18-6-5-7-21(24-18)28-10-8-17(31-4)9-11-28;1-2/h5-7,12-13,17H,8-11H2,1-4H3,(H,23,25,26,30);1-2H3. The molecule has 0 spiro atoms. The van der Waals surface area contributed by atoms with Gasteiger partial charge in [-0.15, -0.1) is 0 Å². The van der Waals surface area contributed by atoms with Crippen molar-refractivity contribution in [2.24, 2.45) is 0 Å². The van der Waals surface area contributed by atoms with Crippen LogP contribution in [0.4, 0.5) is 11.6 Å². The third-order valence-electron chi connectivity index (χ3n) is 5.31. The Morgan fingerprint density at radius 3 is 2.39 bits per heavy atom. The Balaban J connectivity index is 0.00000149. The molecule has 0 atom stereocenters. The van der Waals surface area contributed by atoms with Crippen LogP contribution in [-0.2, 0) is 9.53 Å². The molecule has 3 aromatic rings. The number of pyridine rings is 1. The maximum atomic E-state index is 11.7. The number of nitrogens with one attached hydrogen (secondary N) is 1. The number of hydrogen-bond donors (Lipinski definition) is 1. The second-order valence-corrected chi connectivity index (χ2v) is 7.76. The SMILES string of the molecule is CC.COC1CCN(c2cccc(-c3cc(NC(C)=O)nc(-n4nc(C)cc4C)n3)n2)CC1. The molecule has 176 valence electrons. The summed E-state index contributed by atoms with van der Waals surface area (Å²) in [7, 11) is 1.77. The number of carbonyl (C=O) groups is 1. The van der Waals surface area contributed by atoms with Gasteiger partial charge in [-0.3, -0.25) is 4.79 Å². The number of aromatic nitrogens is 5. The van der Waals surface area contributed by atoms with E-state index in [0.717, 1.165) is 43.1 Å². The Morgan fingerprint density at radius 2 is 1.79 bits per heavy atom. The van der Waals surface area contributed by atoms with Gasteiger partial charge in [-0.2, -0.15) is 10.1 Å². The van der Waals surface area contributed by atoms with Gasteiger partial charge in [0.2, 0.25) is 5.91 Å². The van der Waals surface area contributed by atoms with Crippen LogP contribution in [0.15, 0.2) is 30.3 Å². The number of methoxy groups -OCH3 is 1. The summed E-state index contributed by atoms with van der Waals surface area (Å²) in [4.78, 5) is 28.0. The zero-order valence-corrected chi connectivity index (χ0v) is 20.3. The second-order valence-electron chi connectivity index (χ2n) is 7.76. The fourth-order valence-electron chi connectivity index (χ4n) is 3.80. The van der Waals surface area contributed by atoms with E-state index in [1.807, 2.05) is 52.0 Å². The Morgan fingerprint density at radius 1 is 1.06 bits per heavy atom. The molecule has 9 nitrogen and oxygen atoms in total. The van der Waals surface area contributed by atoms with Gasteiger partial charge in [-0.05, 0) is 44.9 Å². The molecule has 4 heterocycles. The first kappa shape index (κ1) is 24.3. The second kappa shape index (κ2) is 11.0. The zero-order chi connectivity index (χ0) is 24.0. The fourth-order valence-corrected chi connectivity index (χ4v) is 3.80. The first-order valence-corrected chi connectivity index (χ1v) is 11.4. The molecule has 0 saturated carbocycles. The van der Waals surface area contributed by atoms with E-state index in [4.69, 9.17) is 14.7 Å². The highest BCUT2D eigenvalue weighted by Gasteiger charge is 2.20. The largest absolute Gasteiger partial charge is 0.381 e. The number of carbonyl (C=O) groups excluding carboxylic acids is 1. The lowest BCUT2D eigenvalue weighted by molar-refractivity contribution is -0.114. The first-order valence-electron chi connectivity index (χ1n) is 11.4. The van der Waals surface area contributed by atoms with Gasteiger partial charge in [0.05, 0.1) is 23.2 Å². The Hall–Kier alpha value is -3.33. The van der Waals surface area contributed by atoms with Crippen molar-refractivity contribution in [1.82, 2.24) is 24.7 Å². The molecule has 0 bridgehead atoms. The van der Waals surface area contributed by atoms with Crippen LogP contribution in [0.2, 0.25) is 0 Å². The lowest BCUT2D eigenvalue weighted by Gasteiger charge is -2.32. The van der Waals surface area contributed by atoms with Crippen LogP contribution in [0.25, 0.3) is 17.3 Å². The molecule has 1 aliphatic heterocycles. The number of hydrogen-bond acceptors (Lipinski definition) is 7. The molecule has 1 amide bonds. The normalized spacial score (nSPS) is 13.9. The van der Waals surface area contributed by atoms with E-state index in [0.29, 0.717) is 29.3 Å². The highest BCUT2D eigenvalue weighted by atomic mass is 16.5. The molecule has 1 saturated heterocycles. The number of amides is 1. The number of ether oxygens (including phenoxy) is 1. The number of rotatable bonds is 5. The van der Waals surface area contributed by atoms with Crippen molar-refractivity contribution < 1.29 is 9.53 Å². The molecule has 0 aliphatic carbocycles. The van der Waals surface area contributed by atoms with Crippen molar-refractivity contribution in [2.45, 2.75) is 53.6 Å². The van der Waals surface area contributed by atoms with Gasteiger partial charge in [-0.25, -0.2) is 14.6 Å². The summed E-state index contributed by atoms with van der Waals surface area (Å²) in [6.07, 6.45) is 2.26. The topological polar surface area (TPSA) is 98.1 Å². The maximum Gasteiger partial charge on any atom is 0.253 e. The van der Waals surface area contributed by atoms with Gasteiger partial charge >= 0.3 is 0 Å². The van der Waals surface area contributed by atoms with E-state index < -0.39 is 0 Å². The van der Waals surface area contributed by atoms with E-state index in [1.165, 1.54) is 6.92 Å². The van der Waals surface area contributed by atoms with Gasteiger partial charge in [0.1, 0.15) is 11.6 Å². The van der Waals surface area contributed by atoms with Crippen molar-refractivity contribution >= 4 is 17.5 Å². The van der Waals surface area contributed by atoms with Crippen LogP contribution in [-0.4, -0.2) is 56.9 Å². The van der Waals surface area contributed by atoms with E-state index >= 15 is 0 Å². The molecule has 4 rings (SSSR count). The molecule has 0 unspecified atom stereocenters. The molecular formula is C24H33N7O2. The first-order chi connectivity index (χ1) is 15.9. The third-order valence-corrected chi connectivity index (χ3v) is 5.31. The molecule has 33 heavy (non-hydrogen) atoms. The lowest BCUT2D eigenvalue weighted by atomic mass is 10.1. The van der Waals surface area contributed by atoms with Gasteiger partial charge in [0.15, 0.2) is 0 Å². The van der Waals surface area contributed by atoms with Crippen molar-refractivity contribution in [2.75, 3.05) is 30.4 Å². The minimum Gasteiger partial charge on any atom is -0.381 e. The smallest absolute Gasteiger partial charge is 0.253 e. The molecule has 1 aliphatic rings. The van der Waals surface area contributed by atoms with E-state index in [1.54, 1.807) is 17.9 Å². The summed E-state index contributed by atoms with van der Waals surface area (Å²) in [5, 5.41) is 7.24. The monoisotopic (exact) mass is 451 g/mol. The molecule has 9 heteroatoms. The van der Waals surface area contributed by atoms with Gasteiger partial charge in [0, 0.05) is 38.9 Å². The molecule has 1 N–H and O–H groups in total. The summed E-state index contributed by atoms with van der Waals surface area (Å²) < 4.78 is 7.14. The minimum absolute atomic E-state index is 0.202. The van der Waals surface area contributed by atoms with Gasteiger partial charge in [0.25, 0.3) is 5.95 Å². The lowest BCUT2D eigenvalue weighted by Crippen LogP contribution is -2.37. The third kappa shape index (κ3) is 5.92. The minimum atomic E-state index is -0.202. The van der Waals surface area contributed by atoms with E-state index in [2.05, 4.69) is 20.3 Å². The van der Waals surface area contributed by atoms with Gasteiger partial charge in [-0.1, -0.05) is 19.9 Å². The van der Waals surface area contributed by atoms with Crippen LogP contribution in [0.5, 0.6) is 0 Å². The van der Waals surface area contributed by atoms with E-state index in [-0.39, 0.29) is 5.91 Å². The van der Waals surface area contributed by atoms with Crippen LogP contribution in [0.1, 0.15) is 45.0 Å². The summed E-state index contributed by atoms with van der Waals surface area (Å²) >= 11 is 0. The summed E-state index contributed by atoms with van der Waals surface area (Å²) in [6.45, 7) is 11.1. The number of nitrogens with zero attached hydrogens (tertiary/aromatic N) is 6. The zero-order valence-electron chi connectivity index (χ0n) is 20.3. The highest BCUT2D eigenvalue weighted by Crippen LogP contribution is 2.25. The summed E-state index contributed by atoms with van der Waals surface area (Å²) in [5.74, 6) is 1.50. The van der Waals surface area contributed by atoms with Crippen LogP contribution >= 0.6 is 0 Å². The average Bonchev–Trinajstić information content (AvgIpc) is 3.17. The number of piperidine rings is 1. The predicted octanol–water partition coefficient (Wildman–Crippen LogP) is 3.94. The fraction of sp³-hybridized carbons (Fsp3) is 0.458. The molecule has 3 aromatic heterocycles. The molecule has 0 radical (unpaired) electrons. The van der Waals surface area contributed by atoms with Crippen LogP contribution < -0.4 is 10.2 Å². The predicted molar refractivity (Wildman–Crippen MR) is 130 cm³/mol. The number of anilines is 2. The van der Waals surface area contributed by atoms with Crippen molar-refractivity contribution in [3.8, 4) is 17.3 Å². The Labute approximate surface area is 195 Å². The van der Waals surface area contributed by atoms with Gasteiger partial charge < -0.3 is 15.0 Å². The number of aryl methyl sites for hydroxylation is 2. The highest BCUT2D eigenvalue weighted by molar-refractivity contribution is 5.88. The van der Waals surface area contributed by atoms with Crippen molar-refractivity contribution in [3.63, 3.8) is 0 Å². The molecule has 0 aromatic carbocycles. The van der Waals surface area contributed by atoms with Crippen LogP contribution in [0, 0.1) is 13.8 Å². The summed E-state index contributed by atoms with van der Waals surface area (Å²) in [5.41, 5.74) is 3.11. The van der Waals surface area contributed by atoms with Crippen molar-refractivity contribution in [1.29, 1.82) is 0 Å². The Kier molecular flexibility index (Phi) is 8.11. The van der Waals surface area contributed by atoms with E-state index in [9.17, 15) is 4.79 Å². The molecular weight excluding hydrogens is 418 g/mol. The molecule has 1 fully saturated rings. The quantitative estimate of drug-likeness (QED) is 0.627. The average molecular weight is 452 g/mol. The Bertz CT molecular complexity index is 1090. The van der Waals surface area contributed by atoms with Crippen molar-refractivity contribution in [3.05, 3.63) is 41.7 Å².